The van der Waals surface area contributed by atoms with Gasteiger partial charge in [-0.1, -0.05) is 5.16 Å². The van der Waals surface area contributed by atoms with Gasteiger partial charge in [0.15, 0.2) is 11.3 Å². The van der Waals surface area contributed by atoms with Crippen molar-refractivity contribution < 1.29 is 31.8 Å². The number of rotatable bonds is 8. The average Bonchev–Trinajstić information content (AvgIpc) is 3.88. The van der Waals surface area contributed by atoms with Crippen molar-refractivity contribution in [3.63, 3.8) is 0 Å². The zero-order valence-corrected chi connectivity index (χ0v) is 22.6. The van der Waals surface area contributed by atoms with E-state index in [0.29, 0.717) is 22.6 Å². The fourth-order valence-corrected chi connectivity index (χ4v) is 6.26. The summed E-state index contributed by atoms with van der Waals surface area (Å²) in [7, 11) is 0. The van der Waals surface area contributed by atoms with Crippen molar-refractivity contribution in [2.75, 3.05) is 13.1 Å². The molecule has 2 N–H and O–H groups in total. The molecule has 0 radical (unpaired) electrons. The van der Waals surface area contributed by atoms with E-state index < -0.39 is 49.0 Å². The smallest absolute Gasteiger partial charge is 0.318 e. The van der Waals surface area contributed by atoms with Crippen molar-refractivity contribution in [3.05, 3.63) is 41.1 Å². The third kappa shape index (κ3) is 5.28. The molecule has 1 aliphatic heterocycles. The Labute approximate surface area is 237 Å². The summed E-state index contributed by atoms with van der Waals surface area (Å²) in [6, 6.07) is -0.148. The van der Waals surface area contributed by atoms with Crippen LogP contribution in [0.2, 0.25) is 0 Å². The molecule has 15 heteroatoms. The quantitative estimate of drug-likeness (QED) is 0.372. The van der Waals surface area contributed by atoms with Gasteiger partial charge < -0.3 is 15.5 Å². The monoisotopic (exact) mass is 590 g/mol. The molecule has 224 valence electrons. The first-order valence-electron chi connectivity index (χ1n) is 14.4. The van der Waals surface area contributed by atoms with E-state index in [-0.39, 0.29) is 49.1 Å². The molecule has 7 rings (SSSR count). The van der Waals surface area contributed by atoms with Crippen molar-refractivity contribution in [2.24, 2.45) is 11.8 Å². The van der Waals surface area contributed by atoms with Crippen LogP contribution in [0.5, 0.6) is 0 Å². The number of amides is 3. The normalized spacial score (nSPS) is 23.9. The molecule has 4 aliphatic rings. The molecule has 3 aromatic heterocycles. The molecule has 2 atom stereocenters. The van der Waals surface area contributed by atoms with Gasteiger partial charge >= 0.3 is 6.03 Å². The number of fused-ring (bicyclic) bond motifs is 1. The van der Waals surface area contributed by atoms with Crippen LogP contribution < -0.4 is 10.6 Å². The molecule has 3 saturated carbocycles. The van der Waals surface area contributed by atoms with Gasteiger partial charge in [-0.05, 0) is 67.1 Å². The van der Waals surface area contributed by atoms with E-state index in [1.54, 1.807) is 18.5 Å². The fraction of sp³-hybridized carbons (Fsp3) is 0.630. The Morgan fingerprint density at radius 2 is 1.81 bits per heavy atom. The molecule has 1 unspecified atom stereocenters. The minimum absolute atomic E-state index is 0.0241. The number of hydrogen-bond donors (Lipinski definition) is 2. The van der Waals surface area contributed by atoms with E-state index >= 15 is 0 Å². The molecule has 4 heterocycles. The number of hydrogen-bond acceptors (Lipinski definition) is 7. The third-order valence-electron chi connectivity index (χ3n) is 8.80. The highest BCUT2D eigenvalue weighted by molar-refractivity contribution is 5.93. The van der Waals surface area contributed by atoms with E-state index in [1.165, 1.54) is 9.42 Å². The van der Waals surface area contributed by atoms with Gasteiger partial charge in [0.25, 0.3) is 11.8 Å². The van der Waals surface area contributed by atoms with E-state index in [2.05, 4.69) is 26.0 Å². The molecule has 0 aromatic carbocycles. The molecule has 3 aliphatic carbocycles. The highest BCUT2D eigenvalue weighted by atomic mass is 19.3. The lowest BCUT2D eigenvalue weighted by molar-refractivity contribution is -0.0495. The molecule has 4 fully saturated rings. The van der Waals surface area contributed by atoms with E-state index in [1.807, 2.05) is 0 Å². The van der Waals surface area contributed by atoms with Crippen molar-refractivity contribution in [1.82, 2.24) is 40.4 Å². The molecule has 3 amide bonds. The highest BCUT2D eigenvalue weighted by Crippen LogP contribution is 2.46. The predicted octanol–water partition coefficient (Wildman–Crippen LogP) is 4.40. The summed E-state index contributed by atoms with van der Waals surface area (Å²) in [5.41, 5.74) is 1.96. The second-order valence-corrected chi connectivity index (χ2v) is 12.1. The molecule has 11 nitrogen and oxygen atoms in total. The SMILES string of the molecule is O=C(N[C@H](c1cn2ncc(C(C3CC3)N3CC(F)(F)CNC3=O)cc2n1)C1CCC(F)(F)CC1)c1nonc1C1CC1. The Morgan fingerprint density at radius 1 is 1.05 bits per heavy atom. The minimum atomic E-state index is -3.06. The van der Waals surface area contributed by atoms with Gasteiger partial charge in [-0.15, -0.1) is 0 Å². The summed E-state index contributed by atoms with van der Waals surface area (Å²) in [4.78, 5) is 31.8. The molecule has 1 saturated heterocycles. The van der Waals surface area contributed by atoms with Crippen LogP contribution in [-0.4, -0.2) is 66.7 Å². The number of alkyl halides is 4. The lowest BCUT2D eigenvalue weighted by Gasteiger charge is -2.38. The van der Waals surface area contributed by atoms with Crippen molar-refractivity contribution in [2.45, 2.75) is 81.2 Å². The molecular formula is C27H30F4N8O3. The zero-order valence-electron chi connectivity index (χ0n) is 22.6. The molecule has 0 bridgehead atoms. The summed E-state index contributed by atoms with van der Waals surface area (Å²) in [6.07, 6.45) is 6.29. The van der Waals surface area contributed by atoms with Crippen LogP contribution in [0.1, 0.15) is 96.8 Å². The minimum Gasteiger partial charge on any atom is -0.342 e. The number of nitrogens with one attached hydrogen (secondary N) is 2. The zero-order chi connectivity index (χ0) is 29.2. The van der Waals surface area contributed by atoms with Gasteiger partial charge in [-0.3, -0.25) is 4.79 Å². The van der Waals surface area contributed by atoms with Gasteiger partial charge in [0.1, 0.15) is 5.69 Å². The number of urea groups is 1. The van der Waals surface area contributed by atoms with E-state index in [0.717, 1.165) is 25.7 Å². The van der Waals surface area contributed by atoms with Gasteiger partial charge in [-0.25, -0.2) is 36.5 Å². The summed E-state index contributed by atoms with van der Waals surface area (Å²) < 4.78 is 62.9. The maximum absolute atomic E-state index is 14.3. The number of carbonyl (C=O) groups excluding carboxylic acids is 2. The first-order valence-corrected chi connectivity index (χ1v) is 14.4. The molecule has 0 spiro atoms. The summed E-state index contributed by atoms with van der Waals surface area (Å²) >= 11 is 0. The van der Waals surface area contributed by atoms with Crippen molar-refractivity contribution in [3.8, 4) is 0 Å². The Hall–Kier alpha value is -3.78. The standard InChI is InChI=1S/C27H30F4N8O3/c28-26(29)7-5-15(6-8-26)20(35-24(40)22-21(14-1-2-14)36-42-37-22)18-11-39-19(34-18)9-17(10-33-39)23(16-3-4-16)38-13-27(30,31)12-32-25(38)41/h9-11,14-16,20,23H,1-8,12-13H2,(H,32,41)(H,35,40)/t20-,23?/m0/s1. The first kappa shape index (κ1) is 27.1. The summed E-state index contributed by atoms with van der Waals surface area (Å²) in [5, 5.41) is 17.4. The predicted molar refractivity (Wildman–Crippen MR) is 137 cm³/mol. The van der Waals surface area contributed by atoms with Gasteiger partial charge in [0.2, 0.25) is 5.92 Å². The molecule has 3 aromatic rings. The lowest BCUT2D eigenvalue weighted by Crippen LogP contribution is -2.58. The van der Waals surface area contributed by atoms with Crippen molar-refractivity contribution >= 4 is 17.6 Å². The van der Waals surface area contributed by atoms with Crippen LogP contribution in [0.25, 0.3) is 5.65 Å². The number of aromatic nitrogens is 5. The van der Waals surface area contributed by atoms with Gasteiger partial charge in [0.05, 0.1) is 43.3 Å². The van der Waals surface area contributed by atoms with E-state index in [9.17, 15) is 27.2 Å². The van der Waals surface area contributed by atoms with Crippen LogP contribution in [0.3, 0.4) is 0 Å². The maximum Gasteiger partial charge on any atom is 0.318 e. The topological polar surface area (TPSA) is 131 Å². The maximum atomic E-state index is 14.3. The third-order valence-corrected chi connectivity index (χ3v) is 8.80. The first-order chi connectivity index (χ1) is 20.1. The second kappa shape index (κ2) is 9.90. The number of nitrogens with zero attached hydrogens (tertiary/aromatic N) is 6. The van der Waals surface area contributed by atoms with Gasteiger partial charge in [0, 0.05) is 18.8 Å². The number of carbonyl (C=O) groups is 2. The number of imidazole rings is 1. The van der Waals surface area contributed by atoms with Crippen LogP contribution in [0, 0.1) is 11.8 Å². The Bertz CT molecular complexity index is 1510. The van der Waals surface area contributed by atoms with Crippen molar-refractivity contribution in [1.29, 1.82) is 0 Å². The van der Waals surface area contributed by atoms with E-state index in [4.69, 9.17) is 9.61 Å². The Morgan fingerprint density at radius 3 is 2.52 bits per heavy atom. The van der Waals surface area contributed by atoms with Crippen LogP contribution in [0.4, 0.5) is 22.4 Å². The Balaban J connectivity index is 1.20. The molecule has 42 heavy (non-hydrogen) atoms. The fourth-order valence-electron chi connectivity index (χ4n) is 6.26. The summed E-state index contributed by atoms with van der Waals surface area (Å²) in [5.74, 6) is -6.51. The average molecular weight is 591 g/mol. The van der Waals surface area contributed by atoms with Gasteiger partial charge in [-0.2, -0.15) is 5.10 Å². The molecular weight excluding hydrogens is 560 g/mol. The highest BCUT2D eigenvalue weighted by Gasteiger charge is 2.47. The Kier molecular flexibility index (Phi) is 6.38. The lowest BCUT2D eigenvalue weighted by atomic mass is 9.81. The van der Waals surface area contributed by atoms with Crippen LogP contribution in [0.15, 0.2) is 23.1 Å². The number of halogens is 4. The second-order valence-electron chi connectivity index (χ2n) is 12.1. The largest absolute Gasteiger partial charge is 0.342 e. The summed E-state index contributed by atoms with van der Waals surface area (Å²) in [6.45, 7) is -1.39. The van der Waals surface area contributed by atoms with Crippen LogP contribution >= 0.6 is 0 Å². The van der Waals surface area contributed by atoms with Crippen LogP contribution in [-0.2, 0) is 0 Å².